The number of unbranched alkanes of at least 4 members (excludes halogenated alkanes) is 2. The Morgan fingerprint density at radius 2 is 1.48 bits per heavy atom. The number of carboxylic acids is 1. The van der Waals surface area contributed by atoms with Crippen LogP contribution in [0.25, 0.3) is 0 Å². The van der Waals surface area contributed by atoms with Crippen LogP contribution in [-0.4, -0.2) is 54.9 Å². The Bertz CT molecular complexity index is 552. The normalized spacial score (nSPS) is 10.8. The van der Waals surface area contributed by atoms with Crippen molar-refractivity contribution in [3.8, 4) is 0 Å². The maximum atomic E-state index is 12.4. The predicted molar refractivity (Wildman–Crippen MR) is 109 cm³/mol. The van der Waals surface area contributed by atoms with Gasteiger partial charge in [0.1, 0.15) is 0 Å². The lowest BCUT2D eigenvalue weighted by Crippen LogP contribution is -2.32. The van der Waals surface area contributed by atoms with E-state index in [1.54, 1.807) is 12.1 Å². The Morgan fingerprint density at radius 1 is 0.926 bits per heavy atom. The van der Waals surface area contributed by atoms with Crippen molar-refractivity contribution >= 4 is 17.7 Å². The van der Waals surface area contributed by atoms with Gasteiger partial charge in [-0.25, -0.2) is 9.59 Å². The fourth-order valence-corrected chi connectivity index (χ4v) is 2.83. The van der Waals surface area contributed by atoms with Crippen LogP contribution in [0.4, 0.5) is 10.5 Å². The van der Waals surface area contributed by atoms with Crippen LogP contribution in [0.15, 0.2) is 24.3 Å². The molecule has 6 nitrogen and oxygen atoms in total. The van der Waals surface area contributed by atoms with Crippen LogP contribution >= 0.6 is 0 Å². The summed E-state index contributed by atoms with van der Waals surface area (Å²) in [5, 5.41) is 8.97. The molecule has 0 atom stereocenters. The summed E-state index contributed by atoms with van der Waals surface area (Å²) < 4.78 is 5.43. The summed E-state index contributed by atoms with van der Waals surface area (Å²) in [5.74, 6) is -0.983. The van der Waals surface area contributed by atoms with Crippen LogP contribution in [0.1, 0.15) is 63.2 Å². The summed E-state index contributed by atoms with van der Waals surface area (Å²) in [6.45, 7) is 10.2. The number of carbonyl (C=O) groups is 2. The first kappa shape index (κ1) is 23.0. The number of rotatable bonds is 13. The topological polar surface area (TPSA) is 70.1 Å². The Balaban J connectivity index is 2.47. The maximum Gasteiger partial charge on any atom is 0.414 e. The lowest BCUT2D eigenvalue weighted by atomic mass is 10.2. The van der Waals surface area contributed by atoms with E-state index in [0.717, 1.165) is 26.1 Å². The molecule has 27 heavy (non-hydrogen) atoms. The van der Waals surface area contributed by atoms with Gasteiger partial charge in [0.25, 0.3) is 0 Å². The number of carbonyl (C=O) groups excluding carboxylic acids is 1. The minimum absolute atomic E-state index is 0.197. The van der Waals surface area contributed by atoms with Gasteiger partial charge in [0.05, 0.1) is 12.2 Å². The largest absolute Gasteiger partial charge is 0.478 e. The van der Waals surface area contributed by atoms with Crippen LogP contribution < -0.4 is 4.90 Å². The van der Waals surface area contributed by atoms with Gasteiger partial charge in [-0.15, -0.1) is 0 Å². The molecule has 6 heteroatoms. The van der Waals surface area contributed by atoms with Crippen molar-refractivity contribution in [1.29, 1.82) is 0 Å². The highest BCUT2D eigenvalue weighted by atomic mass is 16.6. The number of amides is 1. The van der Waals surface area contributed by atoms with E-state index in [4.69, 9.17) is 9.84 Å². The van der Waals surface area contributed by atoms with Crippen molar-refractivity contribution < 1.29 is 19.4 Å². The summed E-state index contributed by atoms with van der Waals surface area (Å²) in [6.07, 6.45) is 5.18. The Labute approximate surface area is 163 Å². The Hall–Kier alpha value is -2.08. The molecule has 1 aromatic carbocycles. The fourth-order valence-electron chi connectivity index (χ4n) is 2.83. The first-order chi connectivity index (χ1) is 13.0. The molecule has 152 valence electrons. The average molecular weight is 379 g/mol. The lowest BCUT2D eigenvalue weighted by Gasteiger charge is -2.23. The monoisotopic (exact) mass is 378 g/mol. The highest BCUT2D eigenvalue weighted by Gasteiger charge is 2.16. The van der Waals surface area contributed by atoms with Gasteiger partial charge in [0.15, 0.2) is 0 Å². The van der Waals surface area contributed by atoms with Crippen molar-refractivity contribution in [3.05, 3.63) is 29.8 Å². The van der Waals surface area contributed by atoms with Gasteiger partial charge >= 0.3 is 12.1 Å². The van der Waals surface area contributed by atoms with E-state index in [1.807, 2.05) is 6.92 Å². The van der Waals surface area contributed by atoms with Crippen LogP contribution in [-0.2, 0) is 4.74 Å². The first-order valence-electron chi connectivity index (χ1n) is 10.0. The minimum Gasteiger partial charge on any atom is -0.478 e. The highest BCUT2D eigenvalue weighted by Crippen LogP contribution is 2.16. The van der Waals surface area contributed by atoms with E-state index in [2.05, 4.69) is 18.7 Å². The maximum absolute atomic E-state index is 12.4. The predicted octanol–water partition coefficient (Wildman–Crippen LogP) is 4.64. The summed E-state index contributed by atoms with van der Waals surface area (Å²) in [7, 11) is 0. The molecule has 0 fully saturated rings. The zero-order valence-electron chi connectivity index (χ0n) is 16.9. The molecule has 0 aliphatic carbocycles. The van der Waals surface area contributed by atoms with E-state index in [1.165, 1.54) is 42.7 Å². The standard InChI is InChI=1S/C21H34N2O4/c1-4-7-14-22(15-8-5-2)16-9-17-27-21(26)23(6-3)19-12-10-18(11-13-19)20(24)25/h10-13H,4-9,14-17H2,1-3H3,(H,24,25). The SMILES string of the molecule is CCCCN(CCCC)CCCOC(=O)N(CC)c1ccc(C(=O)O)cc1. The third-order valence-corrected chi connectivity index (χ3v) is 4.46. The van der Waals surface area contributed by atoms with Gasteiger partial charge in [0, 0.05) is 18.8 Å². The van der Waals surface area contributed by atoms with Crippen molar-refractivity contribution in [2.75, 3.05) is 37.7 Å². The van der Waals surface area contributed by atoms with Crippen LogP contribution in [0, 0.1) is 0 Å². The van der Waals surface area contributed by atoms with E-state index in [-0.39, 0.29) is 5.56 Å². The zero-order chi connectivity index (χ0) is 20.1. The highest BCUT2D eigenvalue weighted by molar-refractivity contribution is 5.90. The number of hydrogen-bond acceptors (Lipinski definition) is 4. The molecular formula is C21H34N2O4. The van der Waals surface area contributed by atoms with E-state index >= 15 is 0 Å². The lowest BCUT2D eigenvalue weighted by molar-refractivity contribution is 0.0697. The fraction of sp³-hybridized carbons (Fsp3) is 0.619. The molecule has 1 amide bonds. The van der Waals surface area contributed by atoms with Gasteiger partial charge in [-0.05, 0) is 63.5 Å². The first-order valence-corrected chi connectivity index (χ1v) is 10.0. The van der Waals surface area contributed by atoms with Crippen molar-refractivity contribution in [1.82, 2.24) is 4.90 Å². The third-order valence-electron chi connectivity index (χ3n) is 4.46. The smallest absolute Gasteiger partial charge is 0.414 e. The number of benzene rings is 1. The molecule has 0 unspecified atom stereocenters. The summed E-state index contributed by atoms with van der Waals surface area (Å²) >= 11 is 0. The molecule has 0 aromatic heterocycles. The molecule has 0 aliphatic rings. The van der Waals surface area contributed by atoms with Crippen molar-refractivity contribution in [3.63, 3.8) is 0 Å². The summed E-state index contributed by atoms with van der Waals surface area (Å²) in [6, 6.07) is 6.25. The molecule has 1 N–H and O–H groups in total. The molecule has 0 spiro atoms. The Kier molecular flexibility index (Phi) is 11.2. The number of anilines is 1. The molecule has 1 aromatic rings. The molecule has 0 radical (unpaired) electrons. The number of nitrogens with zero attached hydrogens (tertiary/aromatic N) is 2. The second-order valence-corrected chi connectivity index (χ2v) is 6.61. The summed E-state index contributed by atoms with van der Waals surface area (Å²) in [5.41, 5.74) is 0.836. The van der Waals surface area contributed by atoms with Gasteiger partial charge < -0.3 is 14.7 Å². The quantitative estimate of drug-likeness (QED) is 0.506. The number of carboxylic acid groups (broad SMARTS) is 1. The second-order valence-electron chi connectivity index (χ2n) is 6.61. The minimum atomic E-state index is -0.983. The van der Waals surface area contributed by atoms with Crippen LogP contribution in [0.2, 0.25) is 0 Å². The summed E-state index contributed by atoms with van der Waals surface area (Å²) in [4.78, 5) is 27.3. The third kappa shape index (κ3) is 8.43. The van der Waals surface area contributed by atoms with E-state index in [9.17, 15) is 9.59 Å². The molecule has 0 bridgehead atoms. The van der Waals surface area contributed by atoms with Crippen LogP contribution in [0.3, 0.4) is 0 Å². The van der Waals surface area contributed by atoms with Gasteiger partial charge in [-0.1, -0.05) is 26.7 Å². The molecule has 0 saturated heterocycles. The van der Waals surface area contributed by atoms with Gasteiger partial charge in [-0.3, -0.25) is 4.90 Å². The number of ether oxygens (including phenoxy) is 1. The molecule has 0 aliphatic heterocycles. The molecule has 0 saturated carbocycles. The van der Waals surface area contributed by atoms with Gasteiger partial charge in [-0.2, -0.15) is 0 Å². The van der Waals surface area contributed by atoms with Gasteiger partial charge in [0.2, 0.25) is 0 Å². The van der Waals surface area contributed by atoms with E-state index in [0.29, 0.717) is 18.8 Å². The molecular weight excluding hydrogens is 344 g/mol. The second kappa shape index (κ2) is 13.1. The number of hydrogen-bond donors (Lipinski definition) is 1. The molecule has 1 rings (SSSR count). The zero-order valence-corrected chi connectivity index (χ0v) is 16.9. The number of aromatic carboxylic acids is 1. The Morgan fingerprint density at radius 3 is 1.96 bits per heavy atom. The van der Waals surface area contributed by atoms with Crippen molar-refractivity contribution in [2.45, 2.75) is 52.9 Å². The van der Waals surface area contributed by atoms with E-state index < -0.39 is 12.1 Å². The van der Waals surface area contributed by atoms with Crippen LogP contribution in [0.5, 0.6) is 0 Å². The van der Waals surface area contributed by atoms with Crippen molar-refractivity contribution in [2.24, 2.45) is 0 Å². The average Bonchev–Trinajstić information content (AvgIpc) is 2.67. The molecule has 0 heterocycles.